The largest absolute Gasteiger partial charge is 0.352 e. The lowest BCUT2D eigenvalue weighted by Gasteiger charge is -2.08. The van der Waals surface area contributed by atoms with Gasteiger partial charge in [-0.05, 0) is 36.8 Å². The number of carbonyl (C=O) groups excluding carboxylic acids is 1. The van der Waals surface area contributed by atoms with Crippen molar-refractivity contribution in [2.75, 3.05) is 0 Å². The monoisotopic (exact) mass is 393 g/mol. The average molecular weight is 394 g/mol. The van der Waals surface area contributed by atoms with E-state index in [1.54, 1.807) is 23.1 Å². The first-order valence-corrected chi connectivity index (χ1v) is 11.2. The highest BCUT2D eigenvalue weighted by Crippen LogP contribution is 2.33. The van der Waals surface area contributed by atoms with Crippen LogP contribution in [-0.4, -0.2) is 27.4 Å². The zero-order chi connectivity index (χ0) is 17.8. The van der Waals surface area contributed by atoms with Gasteiger partial charge in [0.25, 0.3) is 0 Å². The van der Waals surface area contributed by atoms with Crippen LogP contribution < -0.4 is 5.32 Å². The van der Waals surface area contributed by atoms with Gasteiger partial charge in [-0.2, -0.15) is 0 Å². The van der Waals surface area contributed by atoms with E-state index in [9.17, 15) is 4.79 Å². The zero-order valence-corrected chi connectivity index (χ0v) is 17.1. The zero-order valence-electron chi connectivity index (χ0n) is 14.7. The summed E-state index contributed by atoms with van der Waals surface area (Å²) in [6.45, 7) is 6.33. The van der Waals surface area contributed by atoms with Crippen LogP contribution in [0, 0.1) is 0 Å². The fourth-order valence-corrected chi connectivity index (χ4v) is 5.33. The minimum atomic E-state index is -0.130. The SMILES string of the molecule is CC(C)c1ccc(CSc2nnc(S[C@H](C)C(=O)NC3CC3)s2)cc1. The lowest BCUT2D eigenvalue weighted by molar-refractivity contribution is -0.120. The van der Waals surface area contributed by atoms with E-state index in [1.807, 2.05) is 6.92 Å². The first-order chi connectivity index (χ1) is 12.0. The molecule has 0 spiro atoms. The number of benzene rings is 1. The number of rotatable bonds is 8. The first kappa shape index (κ1) is 18.7. The van der Waals surface area contributed by atoms with Crippen LogP contribution in [0.5, 0.6) is 0 Å². The molecular formula is C18H23N3OS3. The van der Waals surface area contributed by atoms with Crippen LogP contribution in [0.15, 0.2) is 32.9 Å². The van der Waals surface area contributed by atoms with Gasteiger partial charge >= 0.3 is 0 Å². The van der Waals surface area contributed by atoms with E-state index in [1.165, 1.54) is 22.9 Å². The summed E-state index contributed by atoms with van der Waals surface area (Å²) in [5.74, 6) is 1.54. The molecule has 1 heterocycles. The minimum absolute atomic E-state index is 0.0992. The molecule has 1 atom stereocenters. The number of nitrogens with one attached hydrogen (secondary N) is 1. The molecular weight excluding hydrogens is 370 g/mol. The molecule has 4 nitrogen and oxygen atoms in total. The van der Waals surface area contributed by atoms with Gasteiger partial charge in [-0.15, -0.1) is 10.2 Å². The Kier molecular flexibility index (Phi) is 6.41. The van der Waals surface area contributed by atoms with Crippen LogP contribution in [0.1, 0.15) is 50.7 Å². The topological polar surface area (TPSA) is 54.9 Å². The van der Waals surface area contributed by atoms with Crippen molar-refractivity contribution >= 4 is 40.8 Å². The molecule has 1 aromatic carbocycles. The molecule has 1 saturated carbocycles. The number of nitrogens with zero attached hydrogens (tertiary/aromatic N) is 2. The van der Waals surface area contributed by atoms with Crippen molar-refractivity contribution in [1.82, 2.24) is 15.5 Å². The third-order valence-corrected chi connectivity index (χ3v) is 7.28. The molecule has 0 aliphatic heterocycles. The summed E-state index contributed by atoms with van der Waals surface area (Å²) < 4.78 is 1.81. The molecule has 1 fully saturated rings. The summed E-state index contributed by atoms with van der Waals surface area (Å²) in [5, 5.41) is 11.4. The highest BCUT2D eigenvalue weighted by Gasteiger charge is 2.26. The fourth-order valence-electron chi connectivity index (χ4n) is 2.20. The first-order valence-electron chi connectivity index (χ1n) is 8.53. The van der Waals surface area contributed by atoms with E-state index in [0.29, 0.717) is 12.0 Å². The quantitative estimate of drug-likeness (QED) is 0.658. The fraction of sp³-hybridized carbons (Fsp3) is 0.500. The molecule has 0 bridgehead atoms. The Morgan fingerprint density at radius 2 is 1.88 bits per heavy atom. The molecule has 25 heavy (non-hydrogen) atoms. The van der Waals surface area contributed by atoms with Crippen LogP contribution in [0.2, 0.25) is 0 Å². The maximum absolute atomic E-state index is 12.0. The molecule has 7 heteroatoms. The Balaban J connectivity index is 1.48. The molecule has 0 unspecified atom stereocenters. The van der Waals surface area contributed by atoms with Crippen LogP contribution in [0.3, 0.4) is 0 Å². The maximum atomic E-state index is 12.0. The highest BCUT2D eigenvalue weighted by atomic mass is 32.2. The standard InChI is InChI=1S/C18H23N3OS3/c1-11(2)14-6-4-13(5-7-14)10-23-17-20-21-18(25-17)24-12(3)16(22)19-15-8-9-15/h4-7,11-12,15H,8-10H2,1-3H3,(H,19,22)/t12-/m1/s1. The summed E-state index contributed by atoms with van der Waals surface area (Å²) in [6, 6.07) is 9.16. The predicted molar refractivity (Wildman–Crippen MR) is 106 cm³/mol. The van der Waals surface area contributed by atoms with Gasteiger partial charge in [-0.25, -0.2) is 0 Å². The minimum Gasteiger partial charge on any atom is -0.352 e. The van der Waals surface area contributed by atoms with Gasteiger partial charge in [0.2, 0.25) is 5.91 Å². The number of thioether (sulfide) groups is 2. The predicted octanol–water partition coefficient (Wildman–Crippen LogP) is 4.71. The van der Waals surface area contributed by atoms with Gasteiger partial charge in [0.15, 0.2) is 8.68 Å². The average Bonchev–Trinajstić information content (AvgIpc) is 3.30. The molecule has 1 amide bonds. The van der Waals surface area contributed by atoms with E-state index in [-0.39, 0.29) is 11.2 Å². The summed E-state index contributed by atoms with van der Waals surface area (Å²) >= 11 is 4.75. The molecule has 2 aromatic rings. The third-order valence-electron chi connectivity index (χ3n) is 3.97. The third kappa shape index (κ3) is 5.72. The highest BCUT2D eigenvalue weighted by molar-refractivity contribution is 8.03. The lowest BCUT2D eigenvalue weighted by atomic mass is 10.0. The number of aromatic nitrogens is 2. The number of hydrogen-bond donors (Lipinski definition) is 1. The van der Waals surface area contributed by atoms with Gasteiger partial charge < -0.3 is 5.32 Å². The molecule has 0 radical (unpaired) electrons. The number of hydrogen-bond acceptors (Lipinski definition) is 6. The number of carbonyl (C=O) groups is 1. The van der Waals surface area contributed by atoms with Gasteiger partial charge in [0.05, 0.1) is 5.25 Å². The molecule has 1 N–H and O–H groups in total. The Hall–Kier alpha value is -1.05. The van der Waals surface area contributed by atoms with Gasteiger partial charge in [-0.3, -0.25) is 4.79 Å². The Morgan fingerprint density at radius 1 is 1.20 bits per heavy atom. The van der Waals surface area contributed by atoms with E-state index in [4.69, 9.17) is 0 Å². The summed E-state index contributed by atoms with van der Waals surface area (Å²) in [6.07, 6.45) is 2.22. The summed E-state index contributed by atoms with van der Waals surface area (Å²) in [4.78, 5) is 12.0. The Bertz CT molecular complexity index is 711. The van der Waals surface area contributed by atoms with E-state index >= 15 is 0 Å². The second-order valence-electron chi connectivity index (χ2n) is 6.56. The Labute approximate surface area is 161 Å². The van der Waals surface area contributed by atoms with Gasteiger partial charge in [0.1, 0.15) is 0 Å². The summed E-state index contributed by atoms with van der Waals surface area (Å²) in [5.41, 5.74) is 2.65. The molecule has 0 saturated heterocycles. The van der Waals surface area contributed by atoms with E-state index in [2.05, 4.69) is 53.6 Å². The van der Waals surface area contributed by atoms with Crippen molar-refractivity contribution in [2.24, 2.45) is 0 Å². The van der Waals surface area contributed by atoms with Crippen LogP contribution in [0.25, 0.3) is 0 Å². The van der Waals surface area contributed by atoms with Crippen molar-refractivity contribution in [3.8, 4) is 0 Å². The number of amides is 1. The maximum Gasteiger partial charge on any atom is 0.233 e. The van der Waals surface area contributed by atoms with Crippen LogP contribution in [0.4, 0.5) is 0 Å². The molecule has 134 valence electrons. The molecule has 1 aliphatic carbocycles. The van der Waals surface area contributed by atoms with Crippen molar-refractivity contribution in [3.05, 3.63) is 35.4 Å². The van der Waals surface area contributed by atoms with E-state index < -0.39 is 0 Å². The van der Waals surface area contributed by atoms with E-state index in [0.717, 1.165) is 27.3 Å². The van der Waals surface area contributed by atoms with Crippen LogP contribution in [-0.2, 0) is 10.5 Å². The molecule has 1 aliphatic rings. The normalized spacial score (nSPS) is 15.4. The van der Waals surface area contributed by atoms with Gasteiger partial charge in [0, 0.05) is 11.8 Å². The van der Waals surface area contributed by atoms with Crippen molar-refractivity contribution in [1.29, 1.82) is 0 Å². The summed E-state index contributed by atoms with van der Waals surface area (Å²) in [7, 11) is 0. The lowest BCUT2D eigenvalue weighted by Crippen LogP contribution is -2.32. The van der Waals surface area contributed by atoms with Crippen molar-refractivity contribution in [2.45, 2.75) is 65.3 Å². The second kappa shape index (κ2) is 8.56. The van der Waals surface area contributed by atoms with Crippen LogP contribution >= 0.6 is 34.9 Å². The molecule has 1 aromatic heterocycles. The van der Waals surface area contributed by atoms with Gasteiger partial charge in [-0.1, -0.05) is 73.0 Å². The Morgan fingerprint density at radius 3 is 2.52 bits per heavy atom. The smallest absolute Gasteiger partial charge is 0.233 e. The molecule has 3 rings (SSSR count). The van der Waals surface area contributed by atoms with Crippen molar-refractivity contribution in [3.63, 3.8) is 0 Å². The second-order valence-corrected chi connectivity index (χ2v) is 10.3. The van der Waals surface area contributed by atoms with Crippen molar-refractivity contribution < 1.29 is 4.79 Å².